The summed E-state index contributed by atoms with van der Waals surface area (Å²) in [4.78, 5) is 20.9. The second-order valence-corrected chi connectivity index (χ2v) is 5.58. The molecule has 2 rings (SSSR count). The highest BCUT2D eigenvalue weighted by Crippen LogP contribution is 2.09. The minimum absolute atomic E-state index is 0.183. The first kappa shape index (κ1) is 16.9. The van der Waals surface area contributed by atoms with Gasteiger partial charge in [0, 0.05) is 19.2 Å². The molecule has 0 atom stereocenters. The molecule has 1 aromatic heterocycles. The van der Waals surface area contributed by atoms with Crippen LogP contribution in [0.4, 0.5) is 5.82 Å². The van der Waals surface area contributed by atoms with Gasteiger partial charge in [0.15, 0.2) is 0 Å². The van der Waals surface area contributed by atoms with Crippen LogP contribution in [0, 0.1) is 13.8 Å². The van der Waals surface area contributed by atoms with E-state index in [1.807, 2.05) is 31.2 Å². The van der Waals surface area contributed by atoms with Crippen molar-refractivity contribution in [1.29, 1.82) is 0 Å². The van der Waals surface area contributed by atoms with Crippen LogP contribution in [-0.4, -0.2) is 22.4 Å². The van der Waals surface area contributed by atoms with Crippen LogP contribution in [0.1, 0.15) is 47.2 Å². The molecular formula is C18H24N4O. The molecule has 2 aromatic rings. The van der Waals surface area contributed by atoms with Gasteiger partial charge in [0.2, 0.25) is 0 Å². The summed E-state index contributed by atoms with van der Waals surface area (Å²) in [7, 11) is 0. The smallest absolute Gasteiger partial charge is 0.270 e. The Morgan fingerprint density at radius 3 is 2.70 bits per heavy atom. The van der Waals surface area contributed by atoms with Crippen LogP contribution in [0.2, 0.25) is 0 Å². The van der Waals surface area contributed by atoms with Crippen LogP contribution in [0.15, 0.2) is 30.3 Å². The third kappa shape index (κ3) is 5.06. The number of benzene rings is 1. The fourth-order valence-electron chi connectivity index (χ4n) is 2.24. The van der Waals surface area contributed by atoms with Crippen molar-refractivity contribution in [1.82, 2.24) is 15.3 Å². The Morgan fingerprint density at radius 1 is 1.17 bits per heavy atom. The predicted molar refractivity (Wildman–Crippen MR) is 92.5 cm³/mol. The van der Waals surface area contributed by atoms with E-state index in [9.17, 15) is 4.79 Å². The molecule has 5 heteroatoms. The van der Waals surface area contributed by atoms with E-state index in [2.05, 4.69) is 27.5 Å². The molecule has 0 fully saturated rings. The molecule has 1 aromatic carbocycles. The van der Waals surface area contributed by atoms with Gasteiger partial charge in [-0.3, -0.25) is 4.79 Å². The normalized spacial score (nSPS) is 10.4. The van der Waals surface area contributed by atoms with E-state index in [1.165, 1.54) is 0 Å². The highest BCUT2D eigenvalue weighted by Gasteiger charge is 2.10. The van der Waals surface area contributed by atoms with E-state index in [0.29, 0.717) is 23.9 Å². The Bertz CT molecular complexity index is 670. The van der Waals surface area contributed by atoms with Crippen molar-refractivity contribution < 1.29 is 4.79 Å². The number of carbonyl (C=O) groups is 1. The van der Waals surface area contributed by atoms with Gasteiger partial charge in [-0.1, -0.05) is 37.6 Å². The van der Waals surface area contributed by atoms with E-state index in [1.54, 1.807) is 13.0 Å². The second-order valence-electron chi connectivity index (χ2n) is 5.58. The number of hydrogen-bond acceptors (Lipinski definition) is 4. The molecule has 0 spiro atoms. The largest absolute Gasteiger partial charge is 0.370 e. The van der Waals surface area contributed by atoms with Crippen LogP contribution in [0.3, 0.4) is 0 Å². The monoisotopic (exact) mass is 312 g/mol. The summed E-state index contributed by atoms with van der Waals surface area (Å²) in [5.74, 6) is 1.11. The van der Waals surface area contributed by atoms with E-state index in [0.717, 1.165) is 30.5 Å². The first-order valence-corrected chi connectivity index (χ1v) is 8.02. The zero-order valence-corrected chi connectivity index (χ0v) is 14.0. The lowest BCUT2D eigenvalue weighted by Gasteiger charge is -2.10. The number of carbonyl (C=O) groups excluding carboxylic acids is 1. The minimum atomic E-state index is -0.183. The number of anilines is 1. The quantitative estimate of drug-likeness (QED) is 0.770. The number of unbranched alkanes of at least 4 members (excludes halogenated alkanes) is 1. The lowest BCUT2D eigenvalue weighted by molar-refractivity contribution is 0.0945. The van der Waals surface area contributed by atoms with Crippen molar-refractivity contribution in [2.75, 3.05) is 11.9 Å². The molecular weight excluding hydrogens is 288 g/mol. The van der Waals surface area contributed by atoms with Crippen LogP contribution in [0.5, 0.6) is 0 Å². The summed E-state index contributed by atoms with van der Waals surface area (Å²) in [5.41, 5.74) is 2.66. The fourth-order valence-corrected chi connectivity index (χ4v) is 2.24. The summed E-state index contributed by atoms with van der Waals surface area (Å²) in [5, 5.41) is 6.15. The highest BCUT2D eigenvalue weighted by atomic mass is 16.1. The Kier molecular flexibility index (Phi) is 6.09. The minimum Gasteiger partial charge on any atom is -0.370 e. The number of rotatable bonds is 7. The van der Waals surface area contributed by atoms with Gasteiger partial charge in [-0.25, -0.2) is 9.97 Å². The Labute approximate surface area is 137 Å². The first-order valence-electron chi connectivity index (χ1n) is 8.02. The molecule has 0 radical (unpaired) electrons. The fraction of sp³-hybridized carbons (Fsp3) is 0.389. The standard InChI is InChI=1S/C18H24N4O/c1-4-5-10-19-17-11-16(21-14(3)22-17)18(23)20-12-15-9-7-6-8-13(15)2/h6-9,11H,4-5,10,12H2,1-3H3,(H,20,23)(H,19,21,22). The van der Waals surface area contributed by atoms with Gasteiger partial charge < -0.3 is 10.6 Å². The lowest BCUT2D eigenvalue weighted by atomic mass is 10.1. The summed E-state index contributed by atoms with van der Waals surface area (Å²) in [6, 6.07) is 9.71. The highest BCUT2D eigenvalue weighted by molar-refractivity contribution is 5.92. The predicted octanol–water partition coefficient (Wildman–Crippen LogP) is 3.24. The number of amides is 1. The van der Waals surface area contributed by atoms with E-state index in [4.69, 9.17) is 0 Å². The van der Waals surface area contributed by atoms with Gasteiger partial charge in [0.1, 0.15) is 17.3 Å². The summed E-state index contributed by atoms with van der Waals surface area (Å²) >= 11 is 0. The Balaban J connectivity index is 2.02. The van der Waals surface area contributed by atoms with E-state index >= 15 is 0 Å². The maximum atomic E-state index is 12.3. The Hall–Kier alpha value is -2.43. The van der Waals surface area contributed by atoms with Crippen LogP contribution < -0.4 is 10.6 Å². The van der Waals surface area contributed by atoms with Gasteiger partial charge in [-0.15, -0.1) is 0 Å². The van der Waals surface area contributed by atoms with E-state index in [-0.39, 0.29) is 5.91 Å². The number of aryl methyl sites for hydroxylation is 2. The molecule has 0 saturated carbocycles. The number of nitrogens with zero attached hydrogens (tertiary/aromatic N) is 2. The van der Waals surface area contributed by atoms with Crippen LogP contribution >= 0.6 is 0 Å². The molecule has 0 aliphatic carbocycles. The van der Waals surface area contributed by atoms with Gasteiger partial charge >= 0.3 is 0 Å². The molecule has 0 bridgehead atoms. The zero-order valence-electron chi connectivity index (χ0n) is 14.0. The molecule has 1 amide bonds. The molecule has 0 aliphatic rings. The first-order chi connectivity index (χ1) is 11.1. The van der Waals surface area contributed by atoms with Crippen molar-refractivity contribution >= 4 is 11.7 Å². The molecule has 5 nitrogen and oxygen atoms in total. The molecule has 2 N–H and O–H groups in total. The number of hydrogen-bond donors (Lipinski definition) is 2. The third-order valence-electron chi connectivity index (χ3n) is 3.61. The molecule has 0 aliphatic heterocycles. The zero-order chi connectivity index (χ0) is 16.7. The molecule has 1 heterocycles. The number of aromatic nitrogens is 2. The van der Waals surface area contributed by atoms with Crippen LogP contribution in [-0.2, 0) is 6.54 Å². The second kappa shape index (κ2) is 8.27. The van der Waals surface area contributed by atoms with Gasteiger partial charge in [0.05, 0.1) is 0 Å². The molecule has 0 saturated heterocycles. The van der Waals surface area contributed by atoms with Crippen molar-refractivity contribution in [3.63, 3.8) is 0 Å². The average molecular weight is 312 g/mol. The average Bonchev–Trinajstić information content (AvgIpc) is 2.53. The third-order valence-corrected chi connectivity index (χ3v) is 3.61. The van der Waals surface area contributed by atoms with Crippen molar-refractivity contribution in [2.45, 2.75) is 40.2 Å². The SMILES string of the molecule is CCCCNc1cc(C(=O)NCc2ccccc2C)nc(C)n1. The van der Waals surface area contributed by atoms with Crippen molar-refractivity contribution in [3.8, 4) is 0 Å². The van der Waals surface area contributed by atoms with Crippen molar-refractivity contribution in [2.24, 2.45) is 0 Å². The summed E-state index contributed by atoms with van der Waals surface area (Å²) in [6.45, 7) is 7.30. The molecule has 23 heavy (non-hydrogen) atoms. The molecule has 122 valence electrons. The van der Waals surface area contributed by atoms with Gasteiger partial charge in [-0.05, 0) is 31.4 Å². The Morgan fingerprint density at radius 2 is 1.96 bits per heavy atom. The van der Waals surface area contributed by atoms with E-state index < -0.39 is 0 Å². The summed E-state index contributed by atoms with van der Waals surface area (Å²) < 4.78 is 0. The van der Waals surface area contributed by atoms with Crippen molar-refractivity contribution in [3.05, 3.63) is 53.0 Å². The van der Waals surface area contributed by atoms with Gasteiger partial charge in [-0.2, -0.15) is 0 Å². The topological polar surface area (TPSA) is 66.9 Å². The summed E-state index contributed by atoms with van der Waals surface area (Å²) in [6.07, 6.45) is 2.18. The van der Waals surface area contributed by atoms with Crippen LogP contribution in [0.25, 0.3) is 0 Å². The number of nitrogens with one attached hydrogen (secondary N) is 2. The molecule has 0 unspecified atom stereocenters. The maximum Gasteiger partial charge on any atom is 0.270 e. The lowest BCUT2D eigenvalue weighted by Crippen LogP contribution is -2.25. The maximum absolute atomic E-state index is 12.3. The van der Waals surface area contributed by atoms with Gasteiger partial charge in [0.25, 0.3) is 5.91 Å².